The first-order valence-electron chi connectivity index (χ1n) is 4.97. The van der Waals surface area contributed by atoms with Crippen LogP contribution in [0, 0.1) is 0 Å². The molecule has 0 spiro atoms. The van der Waals surface area contributed by atoms with Gasteiger partial charge in [0, 0.05) is 9.50 Å². The van der Waals surface area contributed by atoms with Gasteiger partial charge in [0.1, 0.15) is 12.4 Å². The highest BCUT2D eigenvalue weighted by Gasteiger charge is 2.03. The largest absolute Gasteiger partial charge is 0.487 e. The SMILES string of the molecule is Clc1cccc(COc2cc(Br)ccc2Cl)c1. The molecule has 0 aliphatic heterocycles. The molecule has 0 radical (unpaired) electrons. The van der Waals surface area contributed by atoms with Gasteiger partial charge in [0.25, 0.3) is 0 Å². The molecule has 0 saturated heterocycles. The van der Waals surface area contributed by atoms with Crippen LogP contribution >= 0.6 is 39.1 Å². The lowest BCUT2D eigenvalue weighted by Gasteiger charge is -2.08. The highest BCUT2D eigenvalue weighted by Crippen LogP contribution is 2.28. The Kier molecular flexibility index (Phi) is 4.32. The number of benzene rings is 2. The van der Waals surface area contributed by atoms with Crippen molar-refractivity contribution in [3.63, 3.8) is 0 Å². The summed E-state index contributed by atoms with van der Waals surface area (Å²) in [6, 6.07) is 13.0. The van der Waals surface area contributed by atoms with Gasteiger partial charge in [-0.25, -0.2) is 0 Å². The minimum Gasteiger partial charge on any atom is -0.487 e. The lowest BCUT2D eigenvalue weighted by Crippen LogP contribution is -1.95. The molecule has 1 nitrogen and oxygen atoms in total. The van der Waals surface area contributed by atoms with E-state index in [-0.39, 0.29) is 0 Å². The lowest BCUT2D eigenvalue weighted by atomic mass is 10.2. The Labute approximate surface area is 118 Å². The zero-order valence-electron chi connectivity index (χ0n) is 8.79. The van der Waals surface area contributed by atoms with Gasteiger partial charge in [-0.1, -0.05) is 51.3 Å². The first kappa shape index (κ1) is 12.7. The van der Waals surface area contributed by atoms with Crippen LogP contribution in [0.15, 0.2) is 46.9 Å². The van der Waals surface area contributed by atoms with E-state index in [1.807, 2.05) is 36.4 Å². The molecule has 0 fully saturated rings. The maximum Gasteiger partial charge on any atom is 0.139 e. The normalized spacial score (nSPS) is 10.3. The molecule has 2 aromatic rings. The fourth-order valence-corrected chi connectivity index (χ4v) is 2.10. The fourth-order valence-electron chi connectivity index (χ4n) is 1.38. The molecule has 0 saturated carbocycles. The molecule has 0 aliphatic rings. The van der Waals surface area contributed by atoms with Crippen LogP contribution in [-0.2, 0) is 6.61 Å². The van der Waals surface area contributed by atoms with E-state index in [4.69, 9.17) is 27.9 Å². The van der Waals surface area contributed by atoms with Crippen LogP contribution in [0.3, 0.4) is 0 Å². The van der Waals surface area contributed by atoms with E-state index in [1.165, 1.54) is 0 Å². The van der Waals surface area contributed by atoms with E-state index in [9.17, 15) is 0 Å². The quantitative estimate of drug-likeness (QED) is 0.738. The van der Waals surface area contributed by atoms with E-state index in [0.29, 0.717) is 22.4 Å². The molecule has 2 aromatic carbocycles. The first-order valence-corrected chi connectivity index (χ1v) is 6.52. The van der Waals surface area contributed by atoms with Crippen molar-refractivity contribution in [1.82, 2.24) is 0 Å². The predicted molar refractivity (Wildman–Crippen MR) is 74.9 cm³/mol. The van der Waals surface area contributed by atoms with E-state index in [1.54, 1.807) is 6.07 Å². The van der Waals surface area contributed by atoms with Crippen molar-refractivity contribution in [3.8, 4) is 5.75 Å². The third-order valence-corrected chi connectivity index (χ3v) is 3.22. The molecule has 0 heterocycles. The molecule has 0 bridgehead atoms. The summed E-state index contributed by atoms with van der Waals surface area (Å²) in [6.07, 6.45) is 0. The van der Waals surface area contributed by atoms with Crippen molar-refractivity contribution in [3.05, 3.63) is 62.5 Å². The molecule has 0 amide bonds. The van der Waals surface area contributed by atoms with Crippen LogP contribution in [0.4, 0.5) is 0 Å². The second kappa shape index (κ2) is 5.76. The van der Waals surface area contributed by atoms with Crippen molar-refractivity contribution < 1.29 is 4.74 Å². The number of rotatable bonds is 3. The number of hydrogen-bond acceptors (Lipinski definition) is 1. The van der Waals surface area contributed by atoms with Gasteiger partial charge >= 0.3 is 0 Å². The lowest BCUT2D eigenvalue weighted by molar-refractivity contribution is 0.306. The maximum absolute atomic E-state index is 6.02. The smallest absolute Gasteiger partial charge is 0.139 e. The first-order chi connectivity index (χ1) is 8.15. The summed E-state index contributed by atoms with van der Waals surface area (Å²) in [5.74, 6) is 0.654. The van der Waals surface area contributed by atoms with Crippen molar-refractivity contribution >= 4 is 39.1 Å². The monoisotopic (exact) mass is 330 g/mol. The van der Waals surface area contributed by atoms with Crippen LogP contribution in [0.25, 0.3) is 0 Å². The van der Waals surface area contributed by atoms with Gasteiger partial charge in [0.15, 0.2) is 0 Å². The summed E-state index contributed by atoms with van der Waals surface area (Å²) < 4.78 is 6.57. The number of ether oxygens (including phenoxy) is 1. The third-order valence-electron chi connectivity index (χ3n) is 2.18. The van der Waals surface area contributed by atoms with Gasteiger partial charge in [0.05, 0.1) is 5.02 Å². The molecule has 0 N–H and O–H groups in total. The minimum atomic E-state index is 0.441. The Hall–Kier alpha value is -0.700. The summed E-state index contributed by atoms with van der Waals surface area (Å²) >= 11 is 15.3. The van der Waals surface area contributed by atoms with Crippen LogP contribution in [0.5, 0.6) is 5.75 Å². The number of halogens is 3. The average Bonchev–Trinajstić information content (AvgIpc) is 2.30. The summed E-state index contributed by atoms with van der Waals surface area (Å²) in [4.78, 5) is 0. The third kappa shape index (κ3) is 3.63. The van der Waals surface area contributed by atoms with Crippen molar-refractivity contribution in [2.24, 2.45) is 0 Å². The van der Waals surface area contributed by atoms with Gasteiger partial charge in [-0.15, -0.1) is 0 Å². The van der Waals surface area contributed by atoms with E-state index in [0.717, 1.165) is 10.0 Å². The molecule has 88 valence electrons. The average molecular weight is 332 g/mol. The van der Waals surface area contributed by atoms with Crippen LogP contribution in [0.1, 0.15) is 5.56 Å². The van der Waals surface area contributed by atoms with Crippen LogP contribution in [0.2, 0.25) is 10.0 Å². The van der Waals surface area contributed by atoms with Crippen molar-refractivity contribution in [1.29, 1.82) is 0 Å². The number of hydrogen-bond donors (Lipinski definition) is 0. The Morgan fingerprint density at radius 3 is 2.65 bits per heavy atom. The molecular formula is C13H9BrCl2O. The Morgan fingerprint density at radius 2 is 1.88 bits per heavy atom. The maximum atomic E-state index is 6.02. The Bertz CT molecular complexity index is 529. The molecule has 17 heavy (non-hydrogen) atoms. The molecule has 2 rings (SSSR count). The molecule has 0 unspecified atom stereocenters. The van der Waals surface area contributed by atoms with Crippen LogP contribution in [-0.4, -0.2) is 0 Å². The summed E-state index contributed by atoms with van der Waals surface area (Å²) in [5, 5.41) is 1.29. The zero-order chi connectivity index (χ0) is 12.3. The topological polar surface area (TPSA) is 9.23 Å². The molecule has 0 aliphatic carbocycles. The van der Waals surface area contributed by atoms with Crippen molar-refractivity contribution in [2.45, 2.75) is 6.61 Å². The summed E-state index contributed by atoms with van der Waals surface area (Å²) in [7, 11) is 0. The van der Waals surface area contributed by atoms with E-state index < -0.39 is 0 Å². The predicted octanol–water partition coefficient (Wildman–Crippen LogP) is 5.33. The highest BCUT2D eigenvalue weighted by molar-refractivity contribution is 9.10. The second-order valence-corrected chi connectivity index (χ2v) is 5.25. The summed E-state index contributed by atoms with van der Waals surface area (Å²) in [5.41, 5.74) is 1.01. The minimum absolute atomic E-state index is 0.441. The van der Waals surface area contributed by atoms with Gasteiger partial charge in [0.2, 0.25) is 0 Å². The van der Waals surface area contributed by atoms with E-state index >= 15 is 0 Å². The second-order valence-electron chi connectivity index (χ2n) is 3.49. The van der Waals surface area contributed by atoms with Crippen LogP contribution < -0.4 is 4.74 Å². The Morgan fingerprint density at radius 1 is 1.06 bits per heavy atom. The van der Waals surface area contributed by atoms with Gasteiger partial charge < -0.3 is 4.74 Å². The van der Waals surface area contributed by atoms with E-state index in [2.05, 4.69) is 15.9 Å². The van der Waals surface area contributed by atoms with Crippen molar-refractivity contribution in [2.75, 3.05) is 0 Å². The standard InChI is InChI=1S/C13H9BrCl2O/c14-10-4-5-12(16)13(7-10)17-8-9-2-1-3-11(15)6-9/h1-7H,8H2. The fraction of sp³-hybridized carbons (Fsp3) is 0.0769. The zero-order valence-corrected chi connectivity index (χ0v) is 11.9. The highest BCUT2D eigenvalue weighted by atomic mass is 79.9. The molecule has 4 heteroatoms. The van der Waals surface area contributed by atoms with Gasteiger partial charge in [-0.3, -0.25) is 0 Å². The molecule has 0 atom stereocenters. The molecular weight excluding hydrogens is 323 g/mol. The Balaban J connectivity index is 2.09. The molecule has 0 aromatic heterocycles. The van der Waals surface area contributed by atoms with Gasteiger partial charge in [-0.2, -0.15) is 0 Å². The van der Waals surface area contributed by atoms with Gasteiger partial charge in [-0.05, 0) is 35.9 Å². The summed E-state index contributed by atoms with van der Waals surface area (Å²) in [6.45, 7) is 0.441.